The van der Waals surface area contributed by atoms with Gasteiger partial charge in [-0.3, -0.25) is 9.59 Å². The van der Waals surface area contributed by atoms with E-state index in [4.69, 9.17) is 0 Å². The lowest BCUT2D eigenvalue weighted by Gasteiger charge is -2.63. The molecule has 0 amide bonds. The van der Waals surface area contributed by atoms with E-state index in [9.17, 15) is 14.7 Å². The number of rotatable bonds is 1. The van der Waals surface area contributed by atoms with Crippen LogP contribution in [0.3, 0.4) is 0 Å². The zero-order valence-electron chi connectivity index (χ0n) is 17.5. The maximum atomic E-state index is 12.5. The van der Waals surface area contributed by atoms with Crippen LogP contribution in [0.5, 0.6) is 0 Å². The molecular weight excluding hydrogens is 338 g/mol. The van der Waals surface area contributed by atoms with Gasteiger partial charge in [0.25, 0.3) is 0 Å². The van der Waals surface area contributed by atoms with Crippen LogP contribution in [0.1, 0.15) is 73.1 Å². The number of carbonyl (C=O) groups excluding carboxylic acids is 1. The highest BCUT2D eigenvalue weighted by atomic mass is 16.4. The van der Waals surface area contributed by atoms with Crippen LogP contribution in [0.2, 0.25) is 0 Å². The number of carboxylic acid groups (broad SMARTS) is 1. The Morgan fingerprint density at radius 3 is 2.52 bits per heavy atom. The Morgan fingerprint density at radius 1 is 1.19 bits per heavy atom. The number of piperidine rings is 1. The van der Waals surface area contributed by atoms with Crippen molar-refractivity contribution in [2.75, 3.05) is 6.54 Å². The Labute approximate surface area is 163 Å². The predicted octanol–water partition coefficient (Wildman–Crippen LogP) is 4.50. The van der Waals surface area contributed by atoms with E-state index >= 15 is 0 Å². The molecular formula is C23H35NO3. The highest BCUT2D eigenvalue weighted by Crippen LogP contribution is 2.65. The smallest absolute Gasteiger partial charge is 0.307 e. The van der Waals surface area contributed by atoms with E-state index in [1.54, 1.807) is 6.08 Å². The summed E-state index contributed by atoms with van der Waals surface area (Å²) in [5.41, 5.74) is 0.859. The average molecular weight is 374 g/mol. The fourth-order valence-electron chi connectivity index (χ4n) is 7.34. The molecule has 4 nitrogen and oxygen atoms in total. The quantitative estimate of drug-likeness (QED) is 0.735. The monoisotopic (exact) mass is 373 g/mol. The van der Waals surface area contributed by atoms with Gasteiger partial charge in [0.2, 0.25) is 0 Å². The van der Waals surface area contributed by atoms with Gasteiger partial charge in [0, 0.05) is 35.7 Å². The molecule has 2 saturated carbocycles. The van der Waals surface area contributed by atoms with Crippen molar-refractivity contribution in [1.82, 2.24) is 4.90 Å². The number of fused-ring (bicyclic) bond motifs is 5. The van der Waals surface area contributed by atoms with Crippen molar-refractivity contribution < 1.29 is 14.7 Å². The minimum absolute atomic E-state index is 0.0240. The summed E-state index contributed by atoms with van der Waals surface area (Å²) in [7, 11) is 0. The number of ketones is 1. The van der Waals surface area contributed by atoms with Crippen molar-refractivity contribution in [2.24, 2.45) is 34.5 Å². The Hall–Kier alpha value is -1.32. The molecule has 1 saturated heterocycles. The van der Waals surface area contributed by atoms with Gasteiger partial charge in [-0.05, 0) is 69.6 Å². The van der Waals surface area contributed by atoms with Gasteiger partial charge in [0.05, 0.1) is 5.92 Å². The summed E-state index contributed by atoms with van der Waals surface area (Å²) in [4.78, 5) is 27.2. The van der Waals surface area contributed by atoms with Crippen molar-refractivity contribution in [1.29, 1.82) is 0 Å². The molecule has 1 heterocycles. The average Bonchev–Trinajstić information content (AvgIpc) is 2.95. The lowest BCUT2D eigenvalue weighted by molar-refractivity contribution is -0.160. The summed E-state index contributed by atoms with van der Waals surface area (Å²) in [5.74, 6) is 0.158. The molecule has 3 fully saturated rings. The highest BCUT2D eigenvalue weighted by molar-refractivity contribution is 5.95. The van der Waals surface area contributed by atoms with Crippen molar-refractivity contribution in [2.45, 2.75) is 78.7 Å². The molecule has 0 bridgehead atoms. The third kappa shape index (κ3) is 2.61. The molecule has 4 heteroatoms. The van der Waals surface area contributed by atoms with E-state index in [0.29, 0.717) is 23.2 Å². The van der Waals surface area contributed by atoms with Crippen LogP contribution < -0.4 is 0 Å². The van der Waals surface area contributed by atoms with Crippen molar-refractivity contribution in [3.8, 4) is 0 Å². The number of carbonyl (C=O) groups is 2. The van der Waals surface area contributed by atoms with Crippen LogP contribution in [-0.2, 0) is 9.59 Å². The molecule has 3 aliphatic carbocycles. The molecule has 0 spiro atoms. The Bertz CT molecular complexity index is 705. The Morgan fingerprint density at radius 2 is 1.89 bits per heavy atom. The first-order valence-electron chi connectivity index (χ1n) is 10.7. The lowest BCUT2D eigenvalue weighted by atomic mass is 9.48. The van der Waals surface area contributed by atoms with E-state index in [-0.39, 0.29) is 17.7 Å². The second kappa shape index (κ2) is 5.84. The third-order valence-electron chi connectivity index (χ3n) is 8.76. The largest absolute Gasteiger partial charge is 0.481 e. The fourth-order valence-corrected chi connectivity index (χ4v) is 7.34. The first kappa shape index (κ1) is 19.0. The van der Waals surface area contributed by atoms with Gasteiger partial charge in [-0.15, -0.1) is 0 Å². The highest BCUT2D eigenvalue weighted by Gasteiger charge is 2.62. The minimum Gasteiger partial charge on any atom is -0.481 e. The van der Waals surface area contributed by atoms with E-state index in [0.717, 1.165) is 18.7 Å². The standard InChI is InChI=1S/C23H35NO3/c1-21(2,3)24-13-15-16-7-6-9-22(16,4)10-8-17(15)23(5)18(20(26)27)11-14(25)12-19(23)24/h12,15-18H,6-11,13H2,1-5H3,(H,26,27)/t15-,16-,17-,18?,22-,23-/m0/s1. The molecule has 0 aromatic carbocycles. The van der Waals surface area contributed by atoms with Crippen LogP contribution in [0.25, 0.3) is 0 Å². The van der Waals surface area contributed by atoms with Gasteiger partial charge >= 0.3 is 5.97 Å². The summed E-state index contributed by atoms with van der Waals surface area (Å²) in [6.45, 7) is 12.2. The van der Waals surface area contributed by atoms with Crippen LogP contribution in [0.4, 0.5) is 0 Å². The van der Waals surface area contributed by atoms with Crippen LogP contribution in [-0.4, -0.2) is 33.8 Å². The van der Waals surface area contributed by atoms with Crippen LogP contribution >= 0.6 is 0 Å². The van der Waals surface area contributed by atoms with E-state index in [1.807, 2.05) is 0 Å². The summed E-state index contributed by atoms with van der Waals surface area (Å²) < 4.78 is 0. The Balaban J connectivity index is 1.86. The zero-order chi connectivity index (χ0) is 19.8. The summed E-state index contributed by atoms with van der Waals surface area (Å²) >= 11 is 0. The van der Waals surface area contributed by atoms with Gasteiger partial charge < -0.3 is 10.0 Å². The van der Waals surface area contributed by atoms with Crippen molar-refractivity contribution in [3.63, 3.8) is 0 Å². The first-order valence-corrected chi connectivity index (χ1v) is 10.7. The lowest BCUT2D eigenvalue weighted by Crippen LogP contribution is -2.63. The number of hydrogen-bond acceptors (Lipinski definition) is 3. The summed E-state index contributed by atoms with van der Waals surface area (Å²) in [5, 5.41) is 10.1. The molecule has 150 valence electrons. The first-order chi connectivity index (χ1) is 12.5. The second-order valence-corrected chi connectivity index (χ2v) is 11.1. The van der Waals surface area contributed by atoms with Crippen LogP contribution in [0, 0.1) is 34.5 Å². The molecule has 0 aromatic rings. The number of nitrogens with zero attached hydrogens (tertiary/aromatic N) is 1. The second-order valence-electron chi connectivity index (χ2n) is 11.1. The maximum Gasteiger partial charge on any atom is 0.307 e. The molecule has 1 N–H and O–H groups in total. The number of hydrogen-bond donors (Lipinski definition) is 1. The van der Waals surface area contributed by atoms with E-state index in [1.165, 1.54) is 25.7 Å². The molecule has 1 unspecified atom stereocenters. The molecule has 1 aliphatic heterocycles. The zero-order valence-corrected chi connectivity index (χ0v) is 17.5. The number of carboxylic acids is 1. The van der Waals surface area contributed by atoms with Gasteiger partial charge in [-0.1, -0.05) is 20.3 Å². The van der Waals surface area contributed by atoms with Crippen molar-refractivity contribution in [3.05, 3.63) is 11.8 Å². The molecule has 0 aromatic heterocycles. The van der Waals surface area contributed by atoms with E-state index in [2.05, 4.69) is 39.5 Å². The normalized spacial score (nSPS) is 44.3. The molecule has 0 radical (unpaired) electrons. The fraction of sp³-hybridized carbons (Fsp3) is 0.826. The van der Waals surface area contributed by atoms with Crippen molar-refractivity contribution >= 4 is 11.8 Å². The topological polar surface area (TPSA) is 57.6 Å². The van der Waals surface area contributed by atoms with Gasteiger partial charge in [0.1, 0.15) is 0 Å². The SMILES string of the molecule is CC(C)(C)N1C[C@H]2[C@@H]3CCC[C@@]3(C)CC[C@@H]2[C@]2(C)C1=CC(=O)CC2C(=O)O. The molecule has 6 atom stereocenters. The molecule has 4 aliphatic rings. The maximum absolute atomic E-state index is 12.5. The van der Waals surface area contributed by atoms with Crippen LogP contribution in [0.15, 0.2) is 11.8 Å². The van der Waals surface area contributed by atoms with Gasteiger partial charge in [-0.2, -0.15) is 0 Å². The van der Waals surface area contributed by atoms with Gasteiger partial charge in [-0.25, -0.2) is 0 Å². The number of likely N-dealkylation sites (tertiary alicyclic amines) is 1. The third-order valence-corrected chi connectivity index (χ3v) is 8.76. The molecule has 4 rings (SSSR count). The molecule has 27 heavy (non-hydrogen) atoms. The van der Waals surface area contributed by atoms with E-state index < -0.39 is 17.3 Å². The van der Waals surface area contributed by atoms with Gasteiger partial charge in [0.15, 0.2) is 5.78 Å². The minimum atomic E-state index is -0.800. The summed E-state index contributed by atoms with van der Waals surface area (Å²) in [6, 6.07) is 0. The summed E-state index contributed by atoms with van der Waals surface area (Å²) in [6.07, 6.45) is 8.15. The predicted molar refractivity (Wildman–Crippen MR) is 105 cm³/mol. The Kier molecular flexibility index (Phi) is 4.11. The number of aliphatic carboxylic acids is 1. The number of allylic oxidation sites excluding steroid dienone is 2.